The first kappa shape index (κ1) is 11.4. The Balaban J connectivity index is 3.23. The van der Waals surface area contributed by atoms with Gasteiger partial charge in [-0.15, -0.1) is 11.6 Å². The van der Waals surface area contributed by atoms with Crippen LogP contribution in [0.1, 0.15) is 0 Å². The number of nitrogens with two attached hydrogens (primary N) is 1. The monoisotopic (exact) mass is 231 g/mol. The molecule has 15 heavy (non-hydrogen) atoms. The molecular weight excluding hydrogens is 225 g/mol. The normalized spacial score (nSPS) is 11.5. The van der Waals surface area contributed by atoms with Crippen molar-refractivity contribution in [3.63, 3.8) is 0 Å². The fourth-order valence-corrected chi connectivity index (χ4v) is 0.982. The minimum atomic E-state index is -0.733. The Kier molecular flexibility index (Phi) is 3.56. The number of nitro groups is 1. The molecule has 1 aromatic carbocycles. The number of nitrogens with zero attached hydrogens (tertiary/aromatic N) is 2. The number of rotatable bonds is 3. The fourth-order valence-electron chi connectivity index (χ4n) is 0.922. The van der Waals surface area contributed by atoms with Gasteiger partial charge in [-0.05, 0) is 12.1 Å². The number of halogens is 2. The van der Waals surface area contributed by atoms with E-state index in [9.17, 15) is 14.5 Å². The van der Waals surface area contributed by atoms with Crippen molar-refractivity contribution < 1.29 is 9.31 Å². The highest BCUT2D eigenvalue weighted by Crippen LogP contribution is 2.27. The molecule has 0 aliphatic carbocycles. The zero-order valence-corrected chi connectivity index (χ0v) is 8.24. The van der Waals surface area contributed by atoms with Crippen LogP contribution in [0, 0.1) is 15.9 Å². The highest BCUT2D eigenvalue weighted by molar-refractivity contribution is 6.28. The van der Waals surface area contributed by atoms with Crippen molar-refractivity contribution in [1.82, 2.24) is 0 Å². The largest absolute Gasteiger partial charge is 0.386 e. The second-order valence-corrected chi connectivity index (χ2v) is 2.89. The van der Waals surface area contributed by atoms with Gasteiger partial charge < -0.3 is 5.73 Å². The summed E-state index contributed by atoms with van der Waals surface area (Å²) in [5.74, 6) is -0.717. The standard InChI is InChI=1S/C8H7ClFN3O2/c9-4-8(11)12-6-2-1-5(10)3-7(6)13(14)15/h1-3H,4H2,(H2,11,12). The molecule has 0 unspecified atom stereocenters. The molecule has 1 aromatic rings. The molecule has 5 nitrogen and oxygen atoms in total. The zero-order valence-electron chi connectivity index (χ0n) is 7.48. The van der Waals surface area contributed by atoms with Crippen LogP contribution in [0.25, 0.3) is 0 Å². The lowest BCUT2D eigenvalue weighted by atomic mass is 10.2. The molecule has 0 fully saturated rings. The van der Waals surface area contributed by atoms with E-state index in [-0.39, 0.29) is 17.4 Å². The van der Waals surface area contributed by atoms with Crippen molar-refractivity contribution in [2.24, 2.45) is 10.7 Å². The van der Waals surface area contributed by atoms with E-state index in [1.807, 2.05) is 0 Å². The summed E-state index contributed by atoms with van der Waals surface area (Å²) in [4.78, 5) is 13.5. The molecule has 7 heteroatoms. The number of benzene rings is 1. The van der Waals surface area contributed by atoms with Crippen LogP contribution in [0.15, 0.2) is 23.2 Å². The predicted molar refractivity (Wildman–Crippen MR) is 55.1 cm³/mol. The van der Waals surface area contributed by atoms with Crippen molar-refractivity contribution >= 4 is 28.8 Å². The maximum Gasteiger partial charge on any atom is 0.297 e. The van der Waals surface area contributed by atoms with E-state index in [0.29, 0.717) is 0 Å². The second-order valence-electron chi connectivity index (χ2n) is 2.63. The molecule has 0 aliphatic heterocycles. The van der Waals surface area contributed by atoms with Crippen LogP contribution in [0.4, 0.5) is 15.8 Å². The summed E-state index contributed by atoms with van der Waals surface area (Å²) in [6, 6.07) is 3.01. The molecule has 0 amide bonds. The van der Waals surface area contributed by atoms with Gasteiger partial charge in [-0.2, -0.15) is 0 Å². The Morgan fingerprint density at radius 3 is 2.87 bits per heavy atom. The number of alkyl halides is 1. The topological polar surface area (TPSA) is 81.5 Å². The highest BCUT2D eigenvalue weighted by atomic mass is 35.5. The van der Waals surface area contributed by atoms with Crippen LogP contribution in [0.5, 0.6) is 0 Å². The molecule has 1 rings (SSSR count). The lowest BCUT2D eigenvalue weighted by molar-refractivity contribution is -0.384. The smallest absolute Gasteiger partial charge is 0.297 e. The fraction of sp³-hybridized carbons (Fsp3) is 0.125. The summed E-state index contributed by atoms with van der Waals surface area (Å²) in [6.45, 7) is 0. The van der Waals surface area contributed by atoms with E-state index in [1.165, 1.54) is 6.07 Å². The quantitative estimate of drug-likeness (QED) is 0.284. The average molecular weight is 232 g/mol. The van der Waals surface area contributed by atoms with Gasteiger partial charge >= 0.3 is 0 Å². The highest BCUT2D eigenvalue weighted by Gasteiger charge is 2.14. The minimum absolute atomic E-state index is 0.0143. The molecule has 80 valence electrons. The molecular formula is C8H7ClFN3O2. The van der Waals surface area contributed by atoms with Crippen molar-refractivity contribution in [3.05, 3.63) is 34.1 Å². The molecule has 0 spiro atoms. The number of nitro benzene ring substituents is 1. The van der Waals surface area contributed by atoms with Gasteiger partial charge in [0.05, 0.1) is 16.9 Å². The zero-order chi connectivity index (χ0) is 11.4. The maximum atomic E-state index is 12.7. The van der Waals surface area contributed by atoms with Gasteiger partial charge in [0.2, 0.25) is 0 Å². The molecule has 0 atom stereocenters. The third-order valence-electron chi connectivity index (χ3n) is 1.54. The van der Waals surface area contributed by atoms with Crippen LogP contribution in [0.2, 0.25) is 0 Å². The number of hydrogen-bond acceptors (Lipinski definition) is 3. The van der Waals surface area contributed by atoms with Gasteiger partial charge in [-0.25, -0.2) is 9.38 Å². The van der Waals surface area contributed by atoms with Crippen molar-refractivity contribution in [2.75, 3.05) is 5.88 Å². The summed E-state index contributed by atoms with van der Waals surface area (Å²) >= 11 is 5.37. The van der Waals surface area contributed by atoms with Gasteiger partial charge in [0, 0.05) is 0 Å². The Bertz CT molecular complexity index is 422. The Labute approximate surface area is 89.5 Å². The van der Waals surface area contributed by atoms with Crippen LogP contribution < -0.4 is 5.73 Å². The predicted octanol–water partition coefficient (Wildman–Crippen LogP) is 1.96. The summed E-state index contributed by atoms with van der Waals surface area (Å²) in [7, 11) is 0. The van der Waals surface area contributed by atoms with Gasteiger partial charge in [0.1, 0.15) is 17.3 Å². The van der Waals surface area contributed by atoms with E-state index in [1.54, 1.807) is 0 Å². The molecule has 0 saturated carbocycles. The summed E-state index contributed by atoms with van der Waals surface area (Å²) in [5, 5.41) is 10.5. The molecule has 0 saturated heterocycles. The van der Waals surface area contributed by atoms with Crippen LogP contribution in [0.3, 0.4) is 0 Å². The molecule has 0 bridgehead atoms. The van der Waals surface area contributed by atoms with Crippen LogP contribution >= 0.6 is 11.6 Å². The van der Waals surface area contributed by atoms with E-state index >= 15 is 0 Å². The second kappa shape index (κ2) is 4.70. The molecule has 0 heterocycles. The number of aliphatic imine (C=N–C) groups is 1. The lowest BCUT2D eigenvalue weighted by Crippen LogP contribution is -2.12. The van der Waals surface area contributed by atoms with Crippen molar-refractivity contribution in [3.8, 4) is 0 Å². The van der Waals surface area contributed by atoms with Gasteiger partial charge in [-0.1, -0.05) is 0 Å². The van der Waals surface area contributed by atoms with Crippen LogP contribution in [-0.4, -0.2) is 16.6 Å². The third-order valence-corrected chi connectivity index (χ3v) is 1.81. The van der Waals surface area contributed by atoms with E-state index in [4.69, 9.17) is 17.3 Å². The molecule has 0 aromatic heterocycles. The minimum Gasteiger partial charge on any atom is -0.386 e. The first-order valence-electron chi connectivity index (χ1n) is 3.87. The van der Waals surface area contributed by atoms with Gasteiger partial charge in [0.25, 0.3) is 5.69 Å². The van der Waals surface area contributed by atoms with Crippen molar-refractivity contribution in [1.29, 1.82) is 0 Å². The maximum absolute atomic E-state index is 12.7. The summed E-state index contributed by atoms with van der Waals surface area (Å²) in [6.07, 6.45) is 0. The first-order chi connectivity index (χ1) is 7.04. The van der Waals surface area contributed by atoms with E-state index in [2.05, 4.69) is 4.99 Å². The Hall–Kier alpha value is -1.69. The number of hydrogen-bond donors (Lipinski definition) is 1. The first-order valence-corrected chi connectivity index (χ1v) is 4.41. The molecule has 0 aliphatic rings. The third kappa shape index (κ3) is 2.88. The summed E-state index contributed by atoms with van der Waals surface area (Å²) < 4.78 is 12.7. The van der Waals surface area contributed by atoms with E-state index in [0.717, 1.165) is 12.1 Å². The van der Waals surface area contributed by atoms with E-state index < -0.39 is 16.4 Å². The average Bonchev–Trinajstić information content (AvgIpc) is 2.20. The van der Waals surface area contributed by atoms with Gasteiger partial charge in [0.15, 0.2) is 0 Å². The summed E-state index contributed by atoms with van der Waals surface area (Å²) in [5.41, 5.74) is 4.86. The molecule has 0 radical (unpaired) electrons. The Morgan fingerprint density at radius 1 is 1.67 bits per heavy atom. The van der Waals surface area contributed by atoms with Crippen molar-refractivity contribution in [2.45, 2.75) is 0 Å². The SMILES string of the molecule is NC(CCl)=Nc1ccc(F)cc1[N+](=O)[O-]. The Morgan fingerprint density at radius 2 is 2.33 bits per heavy atom. The lowest BCUT2D eigenvalue weighted by Gasteiger charge is -1.98. The van der Waals surface area contributed by atoms with Gasteiger partial charge in [-0.3, -0.25) is 10.1 Å². The number of amidine groups is 1. The molecule has 2 N–H and O–H groups in total. The van der Waals surface area contributed by atoms with Crippen LogP contribution in [-0.2, 0) is 0 Å².